The molecule has 8 nitrogen and oxygen atoms in total. The normalized spacial score (nSPS) is 10.1. The molecule has 0 aliphatic heterocycles. The van der Waals surface area contributed by atoms with Crippen LogP contribution in [-0.4, -0.2) is 42.1 Å². The standard InChI is InChI=1S/C23H27N5O3/c1-15(2)28(23(31)27-14-21(29)30)20-11-6-17(13-16(20)3)5-4-12-26-19-9-7-18(8-10-19)22(24)25/h6-11,13,15,26H,12,14H2,1-3H3,(H3,24,25)(H,27,31)(H,29,30). The van der Waals surface area contributed by atoms with E-state index in [1.54, 1.807) is 12.1 Å². The first kappa shape index (κ1) is 23.3. The van der Waals surface area contributed by atoms with Crippen molar-refractivity contribution in [3.8, 4) is 11.8 Å². The van der Waals surface area contributed by atoms with Crippen LogP contribution in [0.15, 0.2) is 42.5 Å². The van der Waals surface area contributed by atoms with Gasteiger partial charge in [0.2, 0.25) is 0 Å². The lowest BCUT2D eigenvalue weighted by Gasteiger charge is -2.28. The molecule has 0 bridgehead atoms. The van der Waals surface area contributed by atoms with E-state index in [0.29, 0.717) is 17.8 Å². The third-order valence-electron chi connectivity index (χ3n) is 4.39. The number of aliphatic carboxylic acids is 1. The molecule has 6 N–H and O–H groups in total. The molecule has 0 fully saturated rings. The van der Waals surface area contributed by atoms with Crippen molar-refractivity contribution < 1.29 is 14.7 Å². The molecule has 0 saturated heterocycles. The summed E-state index contributed by atoms with van der Waals surface area (Å²) >= 11 is 0. The summed E-state index contributed by atoms with van der Waals surface area (Å²) in [5.74, 6) is 5.08. The van der Waals surface area contributed by atoms with E-state index in [1.165, 1.54) is 4.90 Å². The molecule has 0 heterocycles. The van der Waals surface area contributed by atoms with Crippen LogP contribution < -0.4 is 21.3 Å². The predicted molar refractivity (Wildman–Crippen MR) is 123 cm³/mol. The number of anilines is 2. The van der Waals surface area contributed by atoms with Crippen LogP contribution in [0, 0.1) is 24.2 Å². The van der Waals surface area contributed by atoms with Crippen molar-refractivity contribution in [3.63, 3.8) is 0 Å². The molecule has 0 spiro atoms. The Labute approximate surface area is 182 Å². The molecule has 8 heteroatoms. The molecule has 0 saturated carbocycles. The number of rotatable bonds is 7. The zero-order valence-corrected chi connectivity index (χ0v) is 17.8. The monoisotopic (exact) mass is 421 g/mol. The SMILES string of the molecule is Cc1cc(C#CCNc2ccc(C(=N)N)cc2)ccc1N(C(=O)NCC(=O)O)C(C)C. The van der Waals surface area contributed by atoms with E-state index in [-0.39, 0.29) is 11.9 Å². The molecule has 0 aliphatic rings. The van der Waals surface area contributed by atoms with Crippen LogP contribution in [-0.2, 0) is 4.79 Å². The molecule has 2 amide bonds. The van der Waals surface area contributed by atoms with Crippen molar-refractivity contribution >= 4 is 29.2 Å². The van der Waals surface area contributed by atoms with Crippen LogP contribution in [0.2, 0.25) is 0 Å². The summed E-state index contributed by atoms with van der Waals surface area (Å²) in [4.78, 5) is 24.7. The average Bonchev–Trinajstić information content (AvgIpc) is 2.71. The molecule has 0 radical (unpaired) electrons. The Bertz CT molecular complexity index is 1020. The molecular formula is C23H27N5O3. The summed E-state index contributed by atoms with van der Waals surface area (Å²) in [6.07, 6.45) is 0. The van der Waals surface area contributed by atoms with Crippen LogP contribution >= 0.6 is 0 Å². The maximum atomic E-state index is 12.4. The minimum absolute atomic E-state index is 0.0283. The summed E-state index contributed by atoms with van der Waals surface area (Å²) in [6.45, 7) is 5.62. The smallest absolute Gasteiger partial charge is 0.323 e. The summed E-state index contributed by atoms with van der Waals surface area (Å²) in [6, 6.07) is 12.2. The van der Waals surface area contributed by atoms with E-state index >= 15 is 0 Å². The number of benzene rings is 2. The Morgan fingerprint density at radius 1 is 1.19 bits per heavy atom. The van der Waals surface area contributed by atoms with Gasteiger partial charge in [0.05, 0.1) is 6.54 Å². The fourth-order valence-corrected chi connectivity index (χ4v) is 2.92. The van der Waals surface area contributed by atoms with Gasteiger partial charge in [0.15, 0.2) is 0 Å². The van der Waals surface area contributed by atoms with E-state index in [9.17, 15) is 9.59 Å². The van der Waals surface area contributed by atoms with E-state index in [0.717, 1.165) is 16.8 Å². The van der Waals surface area contributed by atoms with Gasteiger partial charge in [0.1, 0.15) is 12.4 Å². The van der Waals surface area contributed by atoms with E-state index in [4.69, 9.17) is 16.2 Å². The molecule has 2 aromatic carbocycles. The molecule has 31 heavy (non-hydrogen) atoms. The average molecular weight is 422 g/mol. The van der Waals surface area contributed by atoms with Crippen molar-refractivity contribution in [2.75, 3.05) is 23.3 Å². The van der Waals surface area contributed by atoms with Crippen molar-refractivity contribution in [2.45, 2.75) is 26.8 Å². The number of aryl methyl sites for hydroxylation is 1. The number of carboxylic acids is 1. The molecular weight excluding hydrogens is 394 g/mol. The second kappa shape index (κ2) is 10.7. The van der Waals surface area contributed by atoms with Gasteiger partial charge in [0, 0.05) is 28.5 Å². The summed E-state index contributed by atoms with van der Waals surface area (Å²) in [5.41, 5.74) is 9.36. The lowest BCUT2D eigenvalue weighted by atomic mass is 10.1. The van der Waals surface area contributed by atoms with Gasteiger partial charge in [-0.3, -0.25) is 15.1 Å². The number of nitrogens with two attached hydrogens (primary N) is 1. The van der Waals surface area contributed by atoms with Crippen LogP contribution in [0.25, 0.3) is 0 Å². The first-order valence-electron chi connectivity index (χ1n) is 9.75. The van der Waals surface area contributed by atoms with Gasteiger partial charge < -0.3 is 21.5 Å². The number of carbonyl (C=O) groups excluding carboxylic acids is 1. The Morgan fingerprint density at radius 3 is 2.42 bits per heavy atom. The van der Waals surface area contributed by atoms with E-state index in [1.807, 2.05) is 51.1 Å². The van der Waals surface area contributed by atoms with Crippen molar-refractivity contribution in [1.29, 1.82) is 5.41 Å². The number of nitrogens with one attached hydrogen (secondary N) is 3. The number of nitrogen functional groups attached to an aromatic ring is 1. The van der Waals surface area contributed by atoms with Gasteiger partial charge in [-0.25, -0.2) is 4.79 Å². The molecule has 0 aromatic heterocycles. The Kier molecular flexibility index (Phi) is 8.03. The number of hydrogen-bond acceptors (Lipinski definition) is 4. The number of carbonyl (C=O) groups is 2. The number of hydrogen-bond donors (Lipinski definition) is 5. The summed E-state index contributed by atoms with van der Waals surface area (Å²) in [7, 11) is 0. The fourth-order valence-electron chi connectivity index (χ4n) is 2.92. The quantitative estimate of drug-likeness (QED) is 0.266. The molecule has 2 rings (SSSR count). The predicted octanol–water partition coefficient (Wildman–Crippen LogP) is 2.75. The van der Waals surface area contributed by atoms with Crippen LogP contribution in [0.4, 0.5) is 16.2 Å². The maximum absolute atomic E-state index is 12.4. The molecule has 0 aliphatic carbocycles. The molecule has 0 atom stereocenters. The third kappa shape index (κ3) is 6.78. The number of amidine groups is 1. The second-order valence-corrected chi connectivity index (χ2v) is 7.16. The van der Waals surface area contributed by atoms with Crippen molar-refractivity contribution in [3.05, 3.63) is 59.2 Å². The zero-order chi connectivity index (χ0) is 23.0. The number of urea groups is 1. The van der Waals surface area contributed by atoms with Crippen LogP contribution in [0.3, 0.4) is 0 Å². The third-order valence-corrected chi connectivity index (χ3v) is 4.39. The molecule has 2 aromatic rings. The first-order valence-corrected chi connectivity index (χ1v) is 9.75. The highest BCUT2D eigenvalue weighted by atomic mass is 16.4. The van der Waals surface area contributed by atoms with Gasteiger partial charge >= 0.3 is 12.0 Å². The topological polar surface area (TPSA) is 132 Å². The van der Waals surface area contributed by atoms with Gasteiger partial charge in [0.25, 0.3) is 0 Å². The highest BCUT2D eigenvalue weighted by molar-refractivity contribution is 5.95. The minimum atomic E-state index is -1.09. The van der Waals surface area contributed by atoms with Crippen molar-refractivity contribution in [2.24, 2.45) is 5.73 Å². The van der Waals surface area contributed by atoms with Gasteiger partial charge in [-0.2, -0.15) is 0 Å². The fraction of sp³-hybridized carbons (Fsp3) is 0.261. The zero-order valence-electron chi connectivity index (χ0n) is 17.8. The van der Waals surface area contributed by atoms with Crippen molar-refractivity contribution in [1.82, 2.24) is 5.32 Å². The Balaban J connectivity index is 2.05. The van der Waals surface area contributed by atoms with Gasteiger partial charge in [-0.05, 0) is 68.8 Å². The maximum Gasteiger partial charge on any atom is 0.323 e. The van der Waals surface area contributed by atoms with Crippen LogP contribution in [0.5, 0.6) is 0 Å². The number of nitrogens with zero attached hydrogens (tertiary/aromatic N) is 1. The second-order valence-electron chi connectivity index (χ2n) is 7.16. The highest BCUT2D eigenvalue weighted by Gasteiger charge is 2.21. The molecule has 0 unspecified atom stereocenters. The van der Waals surface area contributed by atoms with Gasteiger partial charge in [-0.1, -0.05) is 11.8 Å². The van der Waals surface area contributed by atoms with Crippen LogP contribution in [0.1, 0.15) is 30.5 Å². The number of amides is 2. The largest absolute Gasteiger partial charge is 0.480 e. The first-order chi connectivity index (χ1) is 14.7. The van der Waals surface area contributed by atoms with Gasteiger partial charge in [-0.15, -0.1) is 0 Å². The highest BCUT2D eigenvalue weighted by Crippen LogP contribution is 2.23. The number of carboxylic acid groups (broad SMARTS) is 1. The minimum Gasteiger partial charge on any atom is -0.480 e. The summed E-state index contributed by atoms with van der Waals surface area (Å²) in [5, 5.41) is 21.8. The molecule has 162 valence electrons. The lowest BCUT2D eigenvalue weighted by Crippen LogP contribution is -2.46. The van der Waals surface area contributed by atoms with E-state index in [2.05, 4.69) is 22.5 Å². The van der Waals surface area contributed by atoms with E-state index < -0.39 is 18.5 Å². The Morgan fingerprint density at radius 2 is 1.87 bits per heavy atom. The lowest BCUT2D eigenvalue weighted by molar-refractivity contribution is -0.135. The Hall–Kier alpha value is -3.99. The summed E-state index contributed by atoms with van der Waals surface area (Å²) < 4.78 is 0.